The monoisotopic (exact) mass is 199 g/mol. The summed E-state index contributed by atoms with van der Waals surface area (Å²) in [5.74, 6) is -2.62. The van der Waals surface area contributed by atoms with E-state index in [9.17, 15) is 8.78 Å². The average molecular weight is 199 g/mol. The molecule has 0 heterocycles. The quantitative estimate of drug-likeness (QED) is 0.786. The van der Waals surface area contributed by atoms with Gasteiger partial charge in [-0.15, -0.1) is 0 Å². The zero-order valence-corrected chi connectivity index (χ0v) is 8.48. The molecule has 0 spiro atoms. The van der Waals surface area contributed by atoms with Crippen molar-refractivity contribution in [3.05, 3.63) is 35.4 Å². The first-order chi connectivity index (χ1) is 6.51. The predicted molar refractivity (Wildman–Crippen MR) is 53.5 cm³/mol. The largest absolute Gasteiger partial charge is 0.316 e. The van der Waals surface area contributed by atoms with Gasteiger partial charge in [-0.25, -0.2) is 8.78 Å². The summed E-state index contributed by atoms with van der Waals surface area (Å²) in [5.41, 5.74) is 1.79. The standard InChI is InChI=1S/C11H15F2N/c1-11(12,13)7-9-3-5-10(6-4-9)8-14-2/h3-6,14H,7-8H2,1-2H3. The highest BCUT2D eigenvalue weighted by molar-refractivity contribution is 5.23. The van der Waals surface area contributed by atoms with Crippen molar-refractivity contribution in [2.24, 2.45) is 0 Å². The van der Waals surface area contributed by atoms with Crippen molar-refractivity contribution >= 4 is 0 Å². The Bertz CT molecular complexity index is 274. The van der Waals surface area contributed by atoms with Crippen LogP contribution >= 0.6 is 0 Å². The van der Waals surface area contributed by atoms with E-state index in [-0.39, 0.29) is 6.42 Å². The molecule has 0 bridgehead atoms. The summed E-state index contributed by atoms with van der Waals surface area (Å²) < 4.78 is 25.3. The maximum atomic E-state index is 12.6. The van der Waals surface area contributed by atoms with Gasteiger partial charge in [0.2, 0.25) is 5.92 Å². The van der Waals surface area contributed by atoms with Gasteiger partial charge in [0.25, 0.3) is 0 Å². The molecule has 3 heteroatoms. The molecule has 14 heavy (non-hydrogen) atoms. The Kier molecular flexibility index (Phi) is 3.58. The predicted octanol–water partition coefficient (Wildman–Crippen LogP) is 2.60. The molecule has 0 saturated heterocycles. The van der Waals surface area contributed by atoms with Crippen LogP contribution in [0.5, 0.6) is 0 Å². The van der Waals surface area contributed by atoms with Gasteiger partial charge in [-0.1, -0.05) is 24.3 Å². The summed E-state index contributed by atoms with van der Waals surface area (Å²) in [6.07, 6.45) is -0.188. The van der Waals surface area contributed by atoms with Gasteiger partial charge in [-0.3, -0.25) is 0 Å². The maximum Gasteiger partial charge on any atom is 0.249 e. The molecular weight excluding hydrogens is 184 g/mol. The van der Waals surface area contributed by atoms with Crippen LogP contribution < -0.4 is 5.32 Å². The lowest BCUT2D eigenvalue weighted by atomic mass is 10.1. The van der Waals surface area contributed by atoms with Crippen LogP contribution in [-0.4, -0.2) is 13.0 Å². The highest BCUT2D eigenvalue weighted by Crippen LogP contribution is 2.18. The topological polar surface area (TPSA) is 12.0 Å². The van der Waals surface area contributed by atoms with E-state index < -0.39 is 5.92 Å². The molecule has 1 aromatic carbocycles. The van der Waals surface area contributed by atoms with Gasteiger partial charge in [0.05, 0.1) is 0 Å². The molecule has 0 aliphatic heterocycles. The molecule has 1 nitrogen and oxygen atoms in total. The van der Waals surface area contributed by atoms with Crippen LogP contribution in [0.25, 0.3) is 0 Å². The van der Waals surface area contributed by atoms with E-state index >= 15 is 0 Å². The van der Waals surface area contributed by atoms with Crippen LogP contribution in [0.1, 0.15) is 18.1 Å². The first kappa shape index (κ1) is 11.1. The lowest BCUT2D eigenvalue weighted by Gasteiger charge is -2.10. The fourth-order valence-electron chi connectivity index (χ4n) is 1.34. The highest BCUT2D eigenvalue weighted by Gasteiger charge is 2.21. The highest BCUT2D eigenvalue weighted by atomic mass is 19.3. The normalized spacial score (nSPS) is 11.7. The van der Waals surface area contributed by atoms with Crippen LogP contribution in [-0.2, 0) is 13.0 Å². The Balaban J connectivity index is 2.64. The molecule has 0 amide bonds. The van der Waals surface area contributed by atoms with E-state index in [0.717, 1.165) is 19.0 Å². The molecule has 78 valence electrons. The zero-order valence-electron chi connectivity index (χ0n) is 8.48. The molecule has 1 aromatic rings. The van der Waals surface area contributed by atoms with Crippen molar-refractivity contribution in [3.8, 4) is 0 Å². The van der Waals surface area contributed by atoms with E-state index in [1.807, 2.05) is 19.2 Å². The van der Waals surface area contributed by atoms with Gasteiger partial charge >= 0.3 is 0 Å². The SMILES string of the molecule is CNCc1ccc(CC(C)(F)F)cc1. The average Bonchev–Trinajstić information content (AvgIpc) is 2.06. The van der Waals surface area contributed by atoms with Crippen LogP contribution in [0.3, 0.4) is 0 Å². The third kappa shape index (κ3) is 3.83. The smallest absolute Gasteiger partial charge is 0.249 e. The fourth-order valence-corrected chi connectivity index (χ4v) is 1.34. The van der Waals surface area contributed by atoms with Crippen molar-refractivity contribution in [2.45, 2.75) is 25.8 Å². The van der Waals surface area contributed by atoms with Gasteiger partial charge < -0.3 is 5.32 Å². The Morgan fingerprint density at radius 2 is 1.64 bits per heavy atom. The molecule has 0 saturated carbocycles. The van der Waals surface area contributed by atoms with E-state index in [4.69, 9.17) is 0 Å². The third-order valence-corrected chi connectivity index (χ3v) is 1.92. The van der Waals surface area contributed by atoms with Crippen molar-refractivity contribution in [2.75, 3.05) is 7.05 Å². The van der Waals surface area contributed by atoms with E-state index in [1.54, 1.807) is 12.1 Å². The molecular formula is C11H15F2N. The Labute approximate surface area is 83.1 Å². The van der Waals surface area contributed by atoms with E-state index in [0.29, 0.717) is 5.56 Å². The summed E-state index contributed by atoms with van der Waals surface area (Å²) in [7, 11) is 1.86. The molecule has 0 radical (unpaired) electrons. The molecule has 0 unspecified atom stereocenters. The second-order valence-corrected chi connectivity index (χ2v) is 3.59. The number of nitrogens with one attached hydrogen (secondary N) is 1. The summed E-state index contributed by atoms with van der Waals surface area (Å²) in [4.78, 5) is 0. The molecule has 0 aromatic heterocycles. The lowest BCUT2D eigenvalue weighted by molar-refractivity contribution is 0.0226. The van der Waals surface area contributed by atoms with E-state index in [1.165, 1.54) is 0 Å². The van der Waals surface area contributed by atoms with E-state index in [2.05, 4.69) is 5.32 Å². The van der Waals surface area contributed by atoms with Crippen molar-refractivity contribution < 1.29 is 8.78 Å². The molecule has 1 rings (SSSR count). The van der Waals surface area contributed by atoms with Crippen molar-refractivity contribution in [1.29, 1.82) is 0 Å². The van der Waals surface area contributed by atoms with Crippen LogP contribution in [0, 0.1) is 0 Å². The molecule has 0 aliphatic rings. The number of hydrogen-bond acceptors (Lipinski definition) is 1. The minimum Gasteiger partial charge on any atom is -0.316 e. The summed E-state index contributed by atoms with van der Waals surface area (Å²) in [6.45, 7) is 1.71. The molecule has 0 aliphatic carbocycles. The van der Waals surface area contributed by atoms with Gasteiger partial charge in [0.1, 0.15) is 0 Å². The summed E-state index contributed by atoms with van der Waals surface area (Å²) in [5, 5.41) is 3.00. The first-order valence-corrected chi connectivity index (χ1v) is 4.61. The van der Waals surface area contributed by atoms with Gasteiger partial charge in [-0.05, 0) is 25.1 Å². The number of halogens is 2. The third-order valence-electron chi connectivity index (χ3n) is 1.92. The minimum absolute atomic E-state index is 0.188. The van der Waals surface area contributed by atoms with Crippen LogP contribution in [0.4, 0.5) is 8.78 Å². The zero-order chi connectivity index (χ0) is 10.6. The van der Waals surface area contributed by atoms with Crippen molar-refractivity contribution in [1.82, 2.24) is 5.32 Å². The minimum atomic E-state index is -2.62. The molecule has 1 N–H and O–H groups in total. The Morgan fingerprint density at radius 1 is 1.14 bits per heavy atom. The number of hydrogen-bond donors (Lipinski definition) is 1. The fraction of sp³-hybridized carbons (Fsp3) is 0.455. The summed E-state index contributed by atoms with van der Waals surface area (Å²) in [6, 6.07) is 7.25. The maximum absolute atomic E-state index is 12.6. The van der Waals surface area contributed by atoms with Crippen molar-refractivity contribution in [3.63, 3.8) is 0 Å². The number of alkyl halides is 2. The first-order valence-electron chi connectivity index (χ1n) is 4.61. The van der Waals surface area contributed by atoms with Gasteiger partial charge in [-0.2, -0.15) is 0 Å². The van der Waals surface area contributed by atoms with Gasteiger partial charge in [0, 0.05) is 13.0 Å². The van der Waals surface area contributed by atoms with Crippen LogP contribution in [0.2, 0.25) is 0 Å². The Hall–Kier alpha value is -0.960. The Morgan fingerprint density at radius 3 is 2.07 bits per heavy atom. The molecule has 0 atom stereocenters. The van der Waals surface area contributed by atoms with Crippen LogP contribution in [0.15, 0.2) is 24.3 Å². The second kappa shape index (κ2) is 4.51. The van der Waals surface area contributed by atoms with Gasteiger partial charge in [0.15, 0.2) is 0 Å². The number of rotatable bonds is 4. The summed E-state index contributed by atoms with van der Waals surface area (Å²) >= 11 is 0. The second-order valence-electron chi connectivity index (χ2n) is 3.59. The lowest BCUT2D eigenvalue weighted by Crippen LogP contribution is -2.13. The molecule has 0 fully saturated rings. The number of benzene rings is 1.